The van der Waals surface area contributed by atoms with E-state index in [0.29, 0.717) is 12.0 Å². The Kier molecular flexibility index (Phi) is 9.37. The summed E-state index contributed by atoms with van der Waals surface area (Å²) < 4.78 is 0. The molecule has 0 fully saturated rings. The molecular weight excluding hydrogens is 196 g/mol. The molecule has 0 spiro atoms. The summed E-state index contributed by atoms with van der Waals surface area (Å²) in [5.41, 5.74) is 0. The molecule has 0 bridgehead atoms. The van der Waals surface area contributed by atoms with E-state index in [1.54, 1.807) is 0 Å². The minimum Gasteiger partial charge on any atom is -0.316 e. The maximum absolute atomic E-state index is 5.41. The molecule has 0 rings (SSSR count). The fourth-order valence-electron chi connectivity index (χ4n) is 1.87. The van der Waals surface area contributed by atoms with Crippen LogP contribution in [0.2, 0.25) is 0 Å². The highest BCUT2D eigenvalue weighted by molar-refractivity contribution is 4.90. The van der Waals surface area contributed by atoms with Crippen LogP contribution in [0, 0.1) is 18.3 Å². The zero-order chi connectivity index (χ0) is 12.4. The van der Waals surface area contributed by atoms with Gasteiger partial charge in [0.2, 0.25) is 0 Å². The molecule has 0 aromatic heterocycles. The van der Waals surface area contributed by atoms with Crippen molar-refractivity contribution in [2.45, 2.75) is 46.6 Å². The molecular formula is C14H28N2. The number of hydrogen-bond acceptors (Lipinski definition) is 2. The summed E-state index contributed by atoms with van der Waals surface area (Å²) in [5.74, 6) is 3.41. The summed E-state index contributed by atoms with van der Waals surface area (Å²) in [6, 6.07) is 0.556. The molecule has 0 aliphatic heterocycles. The van der Waals surface area contributed by atoms with Crippen LogP contribution in [0.4, 0.5) is 0 Å². The Morgan fingerprint density at radius 3 is 2.44 bits per heavy atom. The van der Waals surface area contributed by atoms with Crippen molar-refractivity contribution in [1.29, 1.82) is 0 Å². The molecule has 1 N–H and O–H groups in total. The molecule has 2 unspecified atom stereocenters. The lowest BCUT2D eigenvalue weighted by molar-refractivity contribution is 0.179. The first kappa shape index (κ1) is 15.5. The number of nitrogens with one attached hydrogen (secondary N) is 1. The zero-order valence-electron chi connectivity index (χ0n) is 11.4. The minimum atomic E-state index is 0.556. The van der Waals surface area contributed by atoms with Gasteiger partial charge >= 0.3 is 0 Å². The van der Waals surface area contributed by atoms with E-state index in [4.69, 9.17) is 6.42 Å². The molecule has 2 atom stereocenters. The lowest BCUT2D eigenvalue weighted by Crippen LogP contribution is -2.42. The Bertz CT molecular complexity index is 195. The van der Waals surface area contributed by atoms with Crippen molar-refractivity contribution < 1.29 is 0 Å². The monoisotopic (exact) mass is 224 g/mol. The number of nitrogens with zero attached hydrogens (tertiary/aromatic N) is 1. The normalized spacial score (nSPS) is 14.8. The van der Waals surface area contributed by atoms with Gasteiger partial charge in [0.05, 0.1) is 6.54 Å². The molecule has 2 nitrogen and oxygen atoms in total. The molecule has 0 saturated heterocycles. The van der Waals surface area contributed by atoms with E-state index in [1.807, 2.05) is 0 Å². The first-order valence-corrected chi connectivity index (χ1v) is 6.55. The van der Waals surface area contributed by atoms with Gasteiger partial charge in [-0.1, -0.05) is 26.7 Å². The third kappa shape index (κ3) is 6.15. The molecule has 0 aromatic carbocycles. The predicted molar refractivity (Wildman–Crippen MR) is 72.5 cm³/mol. The quantitative estimate of drug-likeness (QED) is 0.478. The minimum absolute atomic E-state index is 0.556. The van der Waals surface area contributed by atoms with Gasteiger partial charge in [-0.15, -0.1) is 6.42 Å². The summed E-state index contributed by atoms with van der Waals surface area (Å²) in [6.45, 7) is 13.0. The molecule has 0 amide bonds. The second-order valence-corrected chi connectivity index (χ2v) is 4.60. The van der Waals surface area contributed by atoms with Gasteiger partial charge in [-0.2, -0.15) is 0 Å². The molecule has 0 saturated carbocycles. The Morgan fingerprint density at radius 2 is 1.94 bits per heavy atom. The fourth-order valence-corrected chi connectivity index (χ4v) is 1.87. The van der Waals surface area contributed by atoms with Gasteiger partial charge in [0.25, 0.3) is 0 Å². The molecule has 0 aliphatic carbocycles. The van der Waals surface area contributed by atoms with Crippen molar-refractivity contribution in [3.63, 3.8) is 0 Å². The highest BCUT2D eigenvalue weighted by atomic mass is 15.1. The summed E-state index contributed by atoms with van der Waals surface area (Å²) in [7, 11) is 0. The second kappa shape index (κ2) is 9.69. The third-order valence-corrected chi connectivity index (χ3v) is 3.10. The van der Waals surface area contributed by atoms with Crippen molar-refractivity contribution in [1.82, 2.24) is 10.2 Å². The number of hydrogen-bond donors (Lipinski definition) is 1. The van der Waals surface area contributed by atoms with Gasteiger partial charge in [-0.25, -0.2) is 0 Å². The summed E-state index contributed by atoms with van der Waals surface area (Å²) in [6.07, 6.45) is 7.78. The maximum atomic E-state index is 5.41. The lowest BCUT2D eigenvalue weighted by atomic mass is 10.0. The Balaban J connectivity index is 4.04. The van der Waals surface area contributed by atoms with E-state index in [9.17, 15) is 0 Å². The lowest BCUT2D eigenvalue weighted by Gasteiger charge is -2.31. The summed E-state index contributed by atoms with van der Waals surface area (Å²) in [4.78, 5) is 2.40. The van der Waals surface area contributed by atoms with Crippen LogP contribution in [0.5, 0.6) is 0 Å². The smallest absolute Gasteiger partial charge is 0.0601 e. The number of terminal acetylenes is 1. The average Bonchev–Trinajstić information content (AvgIpc) is 2.28. The SMILES string of the molecule is C#CCN(CCC)C(C)C(C)CNCCC. The topological polar surface area (TPSA) is 15.3 Å². The van der Waals surface area contributed by atoms with Crippen LogP contribution in [-0.2, 0) is 0 Å². The standard InChI is InChI=1S/C14H28N2/c1-6-9-15-12-13(4)14(5)16(10-7-2)11-8-3/h2,13-15H,6,8-12H2,1,3-5H3. The zero-order valence-corrected chi connectivity index (χ0v) is 11.4. The van der Waals surface area contributed by atoms with Crippen molar-refractivity contribution >= 4 is 0 Å². The van der Waals surface area contributed by atoms with Crippen LogP contribution in [0.15, 0.2) is 0 Å². The maximum Gasteiger partial charge on any atom is 0.0601 e. The van der Waals surface area contributed by atoms with Gasteiger partial charge in [0.1, 0.15) is 0 Å². The Hall–Kier alpha value is -0.520. The van der Waals surface area contributed by atoms with E-state index < -0.39 is 0 Å². The Morgan fingerprint density at radius 1 is 1.25 bits per heavy atom. The summed E-state index contributed by atoms with van der Waals surface area (Å²) in [5, 5.41) is 3.48. The largest absolute Gasteiger partial charge is 0.316 e. The van der Waals surface area contributed by atoms with Crippen molar-refractivity contribution in [3.05, 3.63) is 0 Å². The number of rotatable bonds is 9. The van der Waals surface area contributed by atoms with E-state index in [0.717, 1.165) is 26.2 Å². The van der Waals surface area contributed by atoms with Crippen LogP contribution in [0.1, 0.15) is 40.5 Å². The predicted octanol–water partition coefficient (Wildman–Crippen LogP) is 2.36. The van der Waals surface area contributed by atoms with E-state index in [1.165, 1.54) is 12.8 Å². The molecule has 16 heavy (non-hydrogen) atoms. The first-order chi connectivity index (χ1) is 7.67. The molecule has 2 heteroatoms. The van der Waals surface area contributed by atoms with Crippen LogP contribution in [-0.4, -0.2) is 37.1 Å². The van der Waals surface area contributed by atoms with Gasteiger partial charge < -0.3 is 5.32 Å². The highest BCUT2D eigenvalue weighted by Crippen LogP contribution is 2.10. The van der Waals surface area contributed by atoms with Gasteiger partial charge in [-0.05, 0) is 45.3 Å². The average molecular weight is 224 g/mol. The van der Waals surface area contributed by atoms with Crippen LogP contribution in [0.25, 0.3) is 0 Å². The fraction of sp³-hybridized carbons (Fsp3) is 0.857. The molecule has 0 aromatic rings. The molecule has 0 heterocycles. The van der Waals surface area contributed by atoms with Crippen LogP contribution < -0.4 is 5.32 Å². The molecule has 0 radical (unpaired) electrons. The van der Waals surface area contributed by atoms with Crippen molar-refractivity contribution in [2.75, 3.05) is 26.2 Å². The van der Waals surface area contributed by atoms with E-state index in [2.05, 4.69) is 43.8 Å². The first-order valence-electron chi connectivity index (χ1n) is 6.55. The van der Waals surface area contributed by atoms with E-state index >= 15 is 0 Å². The molecule has 0 aliphatic rings. The second-order valence-electron chi connectivity index (χ2n) is 4.60. The highest BCUT2D eigenvalue weighted by Gasteiger charge is 2.18. The van der Waals surface area contributed by atoms with Crippen LogP contribution in [0.3, 0.4) is 0 Å². The van der Waals surface area contributed by atoms with Gasteiger partial charge in [0.15, 0.2) is 0 Å². The summed E-state index contributed by atoms with van der Waals surface area (Å²) >= 11 is 0. The van der Waals surface area contributed by atoms with Crippen molar-refractivity contribution in [3.8, 4) is 12.3 Å². The third-order valence-electron chi connectivity index (χ3n) is 3.10. The molecule has 94 valence electrons. The van der Waals surface area contributed by atoms with Gasteiger partial charge in [0, 0.05) is 6.04 Å². The Labute approximate surface area is 102 Å². The van der Waals surface area contributed by atoms with Gasteiger partial charge in [-0.3, -0.25) is 4.90 Å². The van der Waals surface area contributed by atoms with Crippen molar-refractivity contribution in [2.24, 2.45) is 5.92 Å². The van der Waals surface area contributed by atoms with E-state index in [-0.39, 0.29) is 0 Å². The van der Waals surface area contributed by atoms with Crippen LogP contribution >= 0.6 is 0 Å².